The standard InChI is InChI=1S/C21H22F3N5O2/c1-14-19(29-12-6-4-7-17(29)27-14)20(31)25-11-5-2-3-8-18(30)28-16-10-9-15(13-26-16)21(22,23)24/h4,6-7,9-10,12-13H,2-3,5,8,11H2,1H3,(H,25,31)(H,26,28,30). The van der Waals surface area contributed by atoms with Crippen molar-refractivity contribution in [2.45, 2.75) is 38.8 Å². The highest BCUT2D eigenvalue weighted by Crippen LogP contribution is 2.28. The number of hydrogen-bond acceptors (Lipinski definition) is 4. The number of unbranched alkanes of at least 4 members (excludes halogenated alkanes) is 2. The molecule has 3 aromatic rings. The van der Waals surface area contributed by atoms with Crippen LogP contribution in [0.5, 0.6) is 0 Å². The van der Waals surface area contributed by atoms with Crippen molar-refractivity contribution in [1.82, 2.24) is 19.7 Å². The van der Waals surface area contributed by atoms with Crippen molar-refractivity contribution < 1.29 is 22.8 Å². The highest BCUT2D eigenvalue weighted by Gasteiger charge is 2.30. The Morgan fingerprint density at radius 2 is 1.90 bits per heavy atom. The molecule has 0 aromatic carbocycles. The summed E-state index contributed by atoms with van der Waals surface area (Å²) in [6.45, 7) is 2.24. The number of carbonyl (C=O) groups is 2. The monoisotopic (exact) mass is 433 g/mol. The lowest BCUT2D eigenvalue weighted by Gasteiger charge is -2.08. The number of imidazole rings is 1. The normalized spacial score (nSPS) is 11.5. The van der Waals surface area contributed by atoms with Gasteiger partial charge in [0.1, 0.15) is 17.2 Å². The number of nitrogens with zero attached hydrogens (tertiary/aromatic N) is 3. The van der Waals surface area contributed by atoms with Gasteiger partial charge in [-0.15, -0.1) is 0 Å². The van der Waals surface area contributed by atoms with Crippen LogP contribution >= 0.6 is 0 Å². The van der Waals surface area contributed by atoms with Crippen LogP contribution in [0.15, 0.2) is 42.7 Å². The van der Waals surface area contributed by atoms with Gasteiger partial charge in [-0.05, 0) is 44.0 Å². The lowest BCUT2D eigenvalue weighted by atomic mass is 10.2. The van der Waals surface area contributed by atoms with Gasteiger partial charge in [0, 0.05) is 25.4 Å². The van der Waals surface area contributed by atoms with Gasteiger partial charge in [0.15, 0.2) is 0 Å². The molecule has 0 unspecified atom stereocenters. The maximum Gasteiger partial charge on any atom is 0.417 e. The molecule has 0 saturated carbocycles. The smallest absolute Gasteiger partial charge is 0.351 e. The highest BCUT2D eigenvalue weighted by molar-refractivity contribution is 5.94. The molecule has 7 nitrogen and oxygen atoms in total. The van der Waals surface area contributed by atoms with Crippen LogP contribution in [0.4, 0.5) is 19.0 Å². The van der Waals surface area contributed by atoms with E-state index >= 15 is 0 Å². The molecule has 2 N–H and O–H groups in total. The number of nitrogens with one attached hydrogen (secondary N) is 2. The fourth-order valence-corrected chi connectivity index (χ4v) is 3.10. The molecule has 0 aliphatic carbocycles. The summed E-state index contributed by atoms with van der Waals surface area (Å²) in [7, 11) is 0. The molecule has 2 amide bonds. The SMILES string of the molecule is Cc1nc2ccccn2c1C(=O)NCCCCCC(=O)Nc1ccc(C(F)(F)F)cn1. The molecule has 164 valence electrons. The van der Waals surface area contributed by atoms with Crippen LogP contribution in [0.2, 0.25) is 0 Å². The average molecular weight is 433 g/mol. The fraction of sp³-hybridized carbons (Fsp3) is 0.333. The zero-order valence-electron chi connectivity index (χ0n) is 16.9. The number of rotatable bonds is 8. The molecular formula is C21H22F3N5O2. The van der Waals surface area contributed by atoms with E-state index in [-0.39, 0.29) is 24.1 Å². The molecular weight excluding hydrogens is 411 g/mol. The number of hydrogen-bond donors (Lipinski definition) is 2. The lowest BCUT2D eigenvalue weighted by molar-refractivity contribution is -0.137. The highest BCUT2D eigenvalue weighted by atomic mass is 19.4. The van der Waals surface area contributed by atoms with Crippen LogP contribution in [-0.4, -0.2) is 32.7 Å². The van der Waals surface area contributed by atoms with Crippen molar-refractivity contribution in [3.05, 3.63) is 59.7 Å². The molecule has 0 fully saturated rings. The molecule has 31 heavy (non-hydrogen) atoms. The lowest BCUT2D eigenvalue weighted by Crippen LogP contribution is -2.26. The van der Waals surface area contributed by atoms with E-state index in [1.165, 1.54) is 0 Å². The Labute approximate surface area is 176 Å². The van der Waals surface area contributed by atoms with Gasteiger partial charge in [-0.2, -0.15) is 13.2 Å². The van der Waals surface area contributed by atoms with Gasteiger partial charge >= 0.3 is 6.18 Å². The second kappa shape index (κ2) is 9.59. The molecule has 0 saturated heterocycles. The molecule has 0 aliphatic rings. The quantitative estimate of drug-likeness (QED) is 0.526. The molecule has 3 rings (SSSR count). The van der Waals surface area contributed by atoms with Crippen molar-refractivity contribution in [3.63, 3.8) is 0 Å². The van der Waals surface area contributed by atoms with Crippen molar-refractivity contribution in [2.24, 2.45) is 0 Å². The first-order valence-electron chi connectivity index (χ1n) is 9.80. The maximum absolute atomic E-state index is 12.5. The number of amides is 2. The Morgan fingerprint density at radius 1 is 1.10 bits per heavy atom. The van der Waals surface area contributed by atoms with Gasteiger partial charge in [-0.25, -0.2) is 9.97 Å². The van der Waals surface area contributed by atoms with Gasteiger partial charge in [-0.1, -0.05) is 12.5 Å². The summed E-state index contributed by atoms with van der Waals surface area (Å²) in [6, 6.07) is 7.51. The summed E-state index contributed by atoms with van der Waals surface area (Å²) in [6.07, 6.45) is 0.195. The molecule has 0 radical (unpaired) electrons. The summed E-state index contributed by atoms with van der Waals surface area (Å²) >= 11 is 0. The van der Waals surface area contributed by atoms with Crippen LogP contribution < -0.4 is 10.6 Å². The summed E-state index contributed by atoms with van der Waals surface area (Å²) in [5.74, 6) is -0.450. The van der Waals surface area contributed by atoms with E-state index in [1.807, 2.05) is 18.2 Å². The number of carbonyl (C=O) groups excluding carboxylic acids is 2. The Balaban J connectivity index is 1.36. The maximum atomic E-state index is 12.5. The number of fused-ring (bicyclic) bond motifs is 1. The molecule has 3 heterocycles. The summed E-state index contributed by atoms with van der Waals surface area (Å²) in [5.41, 5.74) is 0.988. The molecule has 3 aromatic heterocycles. The number of pyridine rings is 2. The molecule has 10 heteroatoms. The number of alkyl halides is 3. The van der Waals surface area contributed by atoms with E-state index in [2.05, 4.69) is 20.6 Å². The van der Waals surface area contributed by atoms with E-state index in [1.54, 1.807) is 17.5 Å². The molecule has 0 atom stereocenters. The van der Waals surface area contributed by atoms with Crippen LogP contribution in [0, 0.1) is 6.92 Å². The largest absolute Gasteiger partial charge is 0.417 e. The minimum Gasteiger partial charge on any atom is -0.351 e. The van der Waals surface area contributed by atoms with Crippen molar-refractivity contribution >= 4 is 23.3 Å². The van der Waals surface area contributed by atoms with Crippen molar-refractivity contribution in [2.75, 3.05) is 11.9 Å². The van der Waals surface area contributed by atoms with E-state index in [4.69, 9.17) is 0 Å². The summed E-state index contributed by atoms with van der Waals surface area (Å²) in [4.78, 5) is 32.3. The number of halogens is 3. The first kappa shape index (κ1) is 22.3. The zero-order valence-corrected chi connectivity index (χ0v) is 16.9. The van der Waals surface area contributed by atoms with Crippen LogP contribution in [0.1, 0.15) is 47.4 Å². The van der Waals surface area contributed by atoms with Gasteiger partial charge < -0.3 is 10.6 Å². The first-order chi connectivity index (χ1) is 14.8. The van der Waals surface area contributed by atoms with Gasteiger partial charge in [0.25, 0.3) is 5.91 Å². The molecule has 0 bridgehead atoms. The second-order valence-electron chi connectivity index (χ2n) is 7.02. The second-order valence-corrected chi connectivity index (χ2v) is 7.02. The number of aromatic nitrogens is 3. The van der Waals surface area contributed by atoms with Crippen LogP contribution in [0.3, 0.4) is 0 Å². The third kappa shape index (κ3) is 5.80. The van der Waals surface area contributed by atoms with E-state index in [0.717, 1.165) is 12.1 Å². The van der Waals surface area contributed by atoms with Crippen LogP contribution in [0.25, 0.3) is 5.65 Å². The van der Waals surface area contributed by atoms with Crippen molar-refractivity contribution in [3.8, 4) is 0 Å². The Hall–Kier alpha value is -3.43. The average Bonchev–Trinajstić information content (AvgIpc) is 3.06. The van der Waals surface area contributed by atoms with Crippen molar-refractivity contribution in [1.29, 1.82) is 0 Å². The van der Waals surface area contributed by atoms with Crippen LogP contribution in [-0.2, 0) is 11.0 Å². The minimum absolute atomic E-state index is 0.0775. The summed E-state index contributed by atoms with van der Waals surface area (Å²) in [5, 5.41) is 5.34. The predicted octanol–water partition coefficient (Wildman–Crippen LogP) is 3.99. The molecule has 0 aliphatic heterocycles. The fourth-order valence-electron chi connectivity index (χ4n) is 3.10. The topological polar surface area (TPSA) is 88.4 Å². The minimum atomic E-state index is -4.46. The third-order valence-electron chi connectivity index (χ3n) is 4.64. The van der Waals surface area contributed by atoms with Gasteiger partial charge in [0.2, 0.25) is 5.91 Å². The predicted molar refractivity (Wildman–Crippen MR) is 109 cm³/mol. The van der Waals surface area contributed by atoms with Gasteiger partial charge in [0.05, 0.1) is 11.3 Å². The van der Waals surface area contributed by atoms with E-state index in [9.17, 15) is 22.8 Å². The van der Waals surface area contributed by atoms with E-state index < -0.39 is 11.7 Å². The van der Waals surface area contributed by atoms with Gasteiger partial charge in [-0.3, -0.25) is 14.0 Å². The first-order valence-corrected chi connectivity index (χ1v) is 9.80. The number of aryl methyl sites for hydroxylation is 1. The zero-order chi connectivity index (χ0) is 22.4. The Kier molecular flexibility index (Phi) is 6.88. The Bertz CT molecular complexity index is 1060. The Morgan fingerprint density at radius 3 is 2.61 bits per heavy atom. The number of anilines is 1. The van der Waals surface area contributed by atoms with E-state index in [0.29, 0.717) is 49.0 Å². The summed E-state index contributed by atoms with van der Waals surface area (Å²) < 4.78 is 39.3. The molecule has 0 spiro atoms. The third-order valence-corrected chi connectivity index (χ3v) is 4.64.